The van der Waals surface area contributed by atoms with Gasteiger partial charge < -0.3 is 15.2 Å². The van der Waals surface area contributed by atoms with Crippen LogP contribution in [0.4, 0.5) is 15.5 Å². The molecule has 0 fully saturated rings. The van der Waals surface area contributed by atoms with Crippen molar-refractivity contribution in [2.45, 2.75) is 0 Å². The van der Waals surface area contributed by atoms with Gasteiger partial charge in [0.2, 0.25) is 5.95 Å². The first-order chi connectivity index (χ1) is 7.59. The molecule has 7 heteroatoms. The molecular formula is C9H5ClN3O3-. The van der Waals surface area contributed by atoms with Gasteiger partial charge in [-0.15, -0.1) is 0 Å². The number of imidazole rings is 1. The third kappa shape index (κ3) is 1.70. The van der Waals surface area contributed by atoms with Crippen LogP contribution in [0.15, 0.2) is 24.3 Å². The number of carboxylic acid groups (broad SMARTS) is 1. The van der Waals surface area contributed by atoms with E-state index in [9.17, 15) is 14.7 Å². The predicted molar refractivity (Wildman–Crippen MR) is 55.4 cm³/mol. The summed E-state index contributed by atoms with van der Waals surface area (Å²) in [4.78, 5) is 25.4. The molecule has 0 aliphatic rings. The first kappa shape index (κ1) is 10.4. The Kier molecular flexibility index (Phi) is 2.49. The molecule has 1 N–H and O–H groups in total. The minimum Gasteiger partial charge on any atom is -0.530 e. The van der Waals surface area contributed by atoms with Crippen molar-refractivity contribution in [3.05, 3.63) is 24.3 Å². The van der Waals surface area contributed by atoms with E-state index in [2.05, 4.69) is 4.98 Å². The van der Waals surface area contributed by atoms with E-state index >= 15 is 0 Å². The van der Waals surface area contributed by atoms with Gasteiger partial charge in [0.1, 0.15) is 6.09 Å². The van der Waals surface area contributed by atoms with E-state index in [4.69, 9.17) is 11.6 Å². The summed E-state index contributed by atoms with van der Waals surface area (Å²) in [7, 11) is 0. The topological polar surface area (TPSA) is 87.0 Å². The molecule has 0 atom stereocenters. The molecule has 2 aromatic rings. The number of carbonyl (C=O) groups is 2. The number of fused-ring (bicyclic) bond motifs is 1. The van der Waals surface area contributed by atoms with Crippen LogP contribution in [0.5, 0.6) is 0 Å². The van der Waals surface area contributed by atoms with Crippen molar-refractivity contribution in [3.63, 3.8) is 0 Å². The van der Waals surface area contributed by atoms with Gasteiger partial charge in [-0.2, -0.15) is 0 Å². The third-order valence-corrected chi connectivity index (χ3v) is 2.12. The quantitative estimate of drug-likeness (QED) is 0.751. The molecule has 0 saturated heterocycles. The van der Waals surface area contributed by atoms with Crippen LogP contribution >= 0.6 is 11.6 Å². The van der Waals surface area contributed by atoms with Crippen molar-refractivity contribution >= 4 is 40.0 Å². The Morgan fingerprint density at radius 1 is 1.38 bits per heavy atom. The van der Waals surface area contributed by atoms with Gasteiger partial charge in [-0.1, -0.05) is 12.1 Å². The molecule has 6 nitrogen and oxygen atoms in total. The number of benzene rings is 1. The Hall–Kier alpha value is -2.08. The molecule has 1 aromatic carbocycles. The van der Waals surface area contributed by atoms with Crippen molar-refractivity contribution in [2.24, 2.45) is 0 Å². The molecule has 0 unspecified atom stereocenters. The second-order valence-corrected chi connectivity index (χ2v) is 3.25. The van der Waals surface area contributed by atoms with Crippen molar-refractivity contribution in [1.29, 1.82) is 0 Å². The maximum absolute atomic E-state index is 11.2. The van der Waals surface area contributed by atoms with E-state index in [-0.39, 0.29) is 5.95 Å². The largest absolute Gasteiger partial charge is 0.530 e. The maximum Gasteiger partial charge on any atom is 0.327 e. The number of anilines is 1. The number of carbonyl (C=O) groups excluding carboxylic acids is 2. The standard InChI is InChI=1S/C9H6ClN3O3/c10-7(14)13-6-4-2-1-3-5(6)11-8(13)12-9(15)16/h1-4H,(H,11,12)(H,15,16)/p-1. The lowest BCUT2D eigenvalue weighted by atomic mass is 10.3. The van der Waals surface area contributed by atoms with Crippen LogP contribution in [0.3, 0.4) is 0 Å². The molecule has 0 bridgehead atoms. The van der Waals surface area contributed by atoms with Gasteiger partial charge in [-0.25, -0.2) is 9.55 Å². The zero-order valence-corrected chi connectivity index (χ0v) is 8.56. The molecule has 1 amide bonds. The average molecular weight is 239 g/mol. The fraction of sp³-hybridized carbons (Fsp3) is 0. The van der Waals surface area contributed by atoms with Gasteiger partial charge in [-0.3, -0.25) is 4.79 Å². The number of nitrogens with zero attached hydrogens (tertiary/aromatic N) is 2. The van der Waals surface area contributed by atoms with Crippen LogP contribution in [-0.4, -0.2) is 21.0 Å². The SMILES string of the molecule is O=C([O-])Nc1nc2ccccc2n1C(=O)Cl. The monoisotopic (exact) mass is 238 g/mol. The highest BCUT2D eigenvalue weighted by Gasteiger charge is 2.14. The van der Waals surface area contributed by atoms with Crippen LogP contribution < -0.4 is 10.4 Å². The number of nitrogens with one attached hydrogen (secondary N) is 1. The van der Waals surface area contributed by atoms with Gasteiger partial charge >= 0.3 is 5.37 Å². The van der Waals surface area contributed by atoms with Gasteiger partial charge in [0.05, 0.1) is 11.0 Å². The summed E-state index contributed by atoms with van der Waals surface area (Å²) in [5, 5.41) is 11.4. The van der Waals surface area contributed by atoms with E-state index in [0.29, 0.717) is 11.0 Å². The van der Waals surface area contributed by atoms with Gasteiger partial charge in [0.25, 0.3) is 0 Å². The van der Waals surface area contributed by atoms with Crippen LogP contribution in [0.2, 0.25) is 0 Å². The highest BCUT2D eigenvalue weighted by atomic mass is 35.5. The van der Waals surface area contributed by atoms with E-state index in [1.165, 1.54) is 0 Å². The first-order valence-corrected chi connectivity index (χ1v) is 4.62. The molecule has 82 valence electrons. The fourth-order valence-corrected chi connectivity index (χ4v) is 1.55. The second kappa shape index (κ2) is 3.82. The summed E-state index contributed by atoms with van der Waals surface area (Å²) in [5.74, 6) is -0.179. The zero-order valence-electron chi connectivity index (χ0n) is 7.81. The fourth-order valence-electron chi connectivity index (χ4n) is 1.38. The summed E-state index contributed by atoms with van der Waals surface area (Å²) in [5.41, 5.74) is 0.881. The minimum absolute atomic E-state index is 0.179. The molecule has 0 saturated carbocycles. The molecule has 0 aliphatic carbocycles. The third-order valence-electron chi connectivity index (χ3n) is 1.95. The Bertz CT molecular complexity index is 578. The number of hydrogen-bond acceptors (Lipinski definition) is 4. The normalized spacial score (nSPS) is 10.3. The zero-order chi connectivity index (χ0) is 11.7. The number of amides is 1. The summed E-state index contributed by atoms with van der Waals surface area (Å²) >= 11 is 5.34. The van der Waals surface area contributed by atoms with Crippen LogP contribution in [0.25, 0.3) is 11.0 Å². The van der Waals surface area contributed by atoms with Crippen molar-refractivity contribution in [3.8, 4) is 0 Å². The lowest BCUT2D eigenvalue weighted by Crippen LogP contribution is -2.30. The smallest absolute Gasteiger partial charge is 0.327 e. The molecule has 16 heavy (non-hydrogen) atoms. The summed E-state index contributed by atoms with van der Waals surface area (Å²) in [6.07, 6.45) is -1.56. The second-order valence-electron chi connectivity index (χ2n) is 2.92. The van der Waals surface area contributed by atoms with Crippen LogP contribution in [0, 0.1) is 0 Å². The molecule has 0 radical (unpaired) electrons. The molecular weight excluding hydrogens is 234 g/mol. The number of rotatable bonds is 1. The lowest BCUT2D eigenvalue weighted by molar-refractivity contribution is -0.242. The molecule has 2 rings (SSSR count). The molecule has 1 aromatic heterocycles. The molecule has 1 heterocycles. The van der Waals surface area contributed by atoms with Crippen molar-refractivity contribution < 1.29 is 14.7 Å². The molecule has 0 spiro atoms. The Morgan fingerprint density at radius 2 is 2.06 bits per heavy atom. The average Bonchev–Trinajstić information content (AvgIpc) is 2.53. The first-order valence-electron chi connectivity index (χ1n) is 4.25. The summed E-state index contributed by atoms with van der Waals surface area (Å²) < 4.78 is 0.951. The van der Waals surface area contributed by atoms with Crippen LogP contribution in [0.1, 0.15) is 0 Å². The molecule has 0 aliphatic heterocycles. The predicted octanol–water partition coefficient (Wildman–Crippen LogP) is 0.998. The minimum atomic E-state index is -1.56. The van der Waals surface area contributed by atoms with Crippen molar-refractivity contribution in [1.82, 2.24) is 9.55 Å². The van der Waals surface area contributed by atoms with Gasteiger partial charge in [-0.05, 0) is 23.7 Å². The Morgan fingerprint density at radius 3 is 2.69 bits per heavy atom. The highest BCUT2D eigenvalue weighted by Crippen LogP contribution is 2.20. The Balaban J connectivity index is 2.68. The number of hydrogen-bond donors (Lipinski definition) is 1. The highest BCUT2D eigenvalue weighted by molar-refractivity contribution is 6.64. The maximum atomic E-state index is 11.2. The summed E-state index contributed by atoms with van der Waals surface area (Å²) in [6, 6.07) is 6.62. The lowest BCUT2D eigenvalue weighted by Gasteiger charge is -2.05. The Labute approximate surface area is 94.5 Å². The van der Waals surface area contributed by atoms with E-state index in [1.807, 2.05) is 5.32 Å². The number of aromatic nitrogens is 2. The van der Waals surface area contributed by atoms with Gasteiger partial charge in [0.15, 0.2) is 0 Å². The van der Waals surface area contributed by atoms with E-state index in [0.717, 1.165) is 4.57 Å². The number of halogens is 1. The van der Waals surface area contributed by atoms with Crippen LogP contribution in [-0.2, 0) is 0 Å². The van der Waals surface area contributed by atoms with E-state index < -0.39 is 11.5 Å². The van der Waals surface area contributed by atoms with Crippen molar-refractivity contribution in [2.75, 3.05) is 5.32 Å². The number of para-hydroxylation sites is 2. The summed E-state index contributed by atoms with van der Waals surface area (Å²) in [6.45, 7) is 0. The van der Waals surface area contributed by atoms with E-state index in [1.54, 1.807) is 24.3 Å². The van der Waals surface area contributed by atoms with Gasteiger partial charge in [0, 0.05) is 0 Å².